The molecule has 0 spiro atoms. The fraction of sp³-hybridized carbons (Fsp3) is 0.889. The Balaban J connectivity index is 2.01. The Bertz CT molecular complexity index is 253. The number of ether oxygens (including phenoxy) is 3. The molecule has 80 valence electrons. The predicted molar refractivity (Wildman–Crippen MR) is 51.8 cm³/mol. The second-order valence-corrected chi connectivity index (χ2v) is 5.08. The second-order valence-electron chi connectivity index (χ2n) is 3.95. The lowest BCUT2D eigenvalue weighted by Crippen LogP contribution is -2.30. The van der Waals surface area contributed by atoms with Gasteiger partial charge in [0.25, 0.3) is 0 Å². The molecule has 0 saturated carbocycles. The van der Waals surface area contributed by atoms with Crippen molar-refractivity contribution in [2.45, 2.75) is 44.2 Å². The van der Waals surface area contributed by atoms with E-state index in [4.69, 9.17) is 14.2 Å². The zero-order valence-corrected chi connectivity index (χ0v) is 9.30. The van der Waals surface area contributed by atoms with E-state index < -0.39 is 5.79 Å². The first kappa shape index (κ1) is 10.3. The zero-order valence-electron chi connectivity index (χ0n) is 8.48. The summed E-state index contributed by atoms with van der Waals surface area (Å²) in [6.45, 7) is 5.16. The summed E-state index contributed by atoms with van der Waals surface area (Å²) in [5.41, 5.74) is -0.209. The van der Waals surface area contributed by atoms with Gasteiger partial charge in [0.1, 0.15) is 12.2 Å². The van der Waals surface area contributed by atoms with Crippen molar-refractivity contribution in [2.75, 3.05) is 5.75 Å². The molecule has 5 heteroatoms. The van der Waals surface area contributed by atoms with Crippen molar-refractivity contribution in [3.05, 3.63) is 0 Å². The van der Waals surface area contributed by atoms with E-state index >= 15 is 0 Å². The molecule has 2 aliphatic heterocycles. The van der Waals surface area contributed by atoms with E-state index in [1.807, 2.05) is 13.8 Å². The van der Waals surface area contributed by atoms with Crippen molar-refractivity contribution < 1.29 is 19.0 Å². The fourth-order valence-electron chi connectivity index (χ4n) is 1.77. The molecule has 0 amide bonds. The summed E-state index contributed by atoms with van der Waals surface area (Å²) in [6, 6.07) is 0. The zero-order chi connectivity index (χ0) is 10.3. The Kier molecular flexibility index (Phi) is 2.49. The molecule has 2 saturated heterocycles. The molecular formula is C9H14O4S. The Morgan fingerprint density at radius 2 is 2.21 bits per heavy atom. The predicted octanol–water partition coefficient (Wildman–Crippen LogP) is 1.14. The van der Waals surface area contributed by atoms with E-state index in [9.17, 15) is 4.79 Å². The minimum atomic E-state index is -0.547. The van der Waals surface area contributed by atoms with Gasteiger partial charge < -0.3 is 14.2 Å². The Morgan fingerprint density at radius 1 is 1.50 bits per heavy atom. The topological polar surface area (TPSA) is 44.8 Å². The molecule has 0 aliphatic carbocycles. The van der Waals surface area contributed by atoms with Gasteiger partial charge in [-0.05, 0) is 13.8 Å². The number of fused-ring (bicyclic) bond motifs is 1. The maximum absolute atomic E-state index is 10.8. The van der Waals surface area contributed by atoms with Gasteiger partial charge in [-0.1, -0.05) is 0 Å². The third-order valence-corrected chi connectivity index (χ3v) is 3.41. The van der Waals surface area contributed by atoms with E-state index in [-0.39, 0.29) is 23.6 Å². The average molecular weight is 218 g/mol. The van der Waals surface area contributed by atoms with Gasteiger partial charge in [-0.2, -0.15) is 0 Å². The summed E-state index contributed by atoms with van der Waals surface area (Å²) in [4.78, 5) is 10.8. The van der Waals surface area contributed by atoms with Crippen LogP contribution in [-0.4, -0.2) is 35.2 Å². The minimum absolute atomic E-state index is 0.0550. The first-order chi connectivity index (χ1) is 6.48. The molecule has 0 aromatic carbocycles. The summed E-state index contributed by atoms with van der Waals surface area (Å²) in [5, 5.41) is 0. The molecule has 1 unspecified atom stereocenters. The minimum Gasteiger partial charge on any atom is -0.449 e. The van der Waals surface area contributed by atoms with Crippen LogP contribution in [0.4, 0.5) is 0 Å². The summed E-state index contributed by atoms with van der Waals surface area (Å²) in [6.07, 6.45) is -0.0572. The van der Waals surface area contributed by atoms with Crippen LogP contribution in [0.2, 0.25) is 0 Å². The molecule has 2 heterocycles. The first-order valence-corrected chi connectivity index (χ1v) is 5.67. The van der Waals surface area contributed by atoms with Crippen molar-refractivity contribution in [2.24, 2.45) is 0 Å². The number of carbonyl (C=O) groups excluding carboxylic acids is 1. The van der Waals surface area contributed by atoms with Crippen LogP contribution >= 0.6 is 11.8 Å². The first-order valence-electron chi connectivity index (χ1n) is 4.62. The number of hydrogen-bond acceptors (Lipinski definition) is 5. The highest BCUT2D eigenvalue weighted by atomic mass is 32.2. The van der Waals surface area contributed by atoms with E-state index in [1.54, 1.807) is 11.8 Å². The molecule has 2 aliphatic rings. The normalized spacial score (nSPS) is 39.5. The van der Waals surface area contributed by atoms with Gasteiger partial charge in [0, 0.05) is 12.7 Å². The molecule has 0 aromatic heterocycles. The van der Waals surface area contributed by atoms with Crippen LogP contribution in [0.3, 0.4) is 0 Å². The molecule has 3 atom stereocenters. The van der Waals surface area contributed by atoms with Gasteiger partial charge in [0.2, 0.25) is 0 Å². The summed E-state index contributed by atoms with van der Waals surface area (Å²) in [5.74, 6) is 0.0114. The number of rotatable bonds is 1. The van der Waals surface area contributed by atoms with Crippen LogP contribution in [0, 0.1) is 0 Å². The largest absolute Gasteiger partial charge is 0.449 e. The maximum atomic E-state index is 10.8. The van der Waals surface area contributed by atoms with Crippen LogP contribution in [-0.2, 0) is 19.0 Å². The molecule has 0 radical (unpaired) electrons. The Hall–Kier alpha value is -0.260. The lowest BCUT2D eigenvalue weighted by molar-refractivity contribution is -0.162. The SMILES string of the molecule is CC(=O)O[C@H]1SCC2OC(C)(C)O[C@@H]21. The van der Waals surface area contributed by atoms with Crippen molar-refractivity contribution in [3.63, 3.8) is 0 Å². The number of carbonyl (C=O) groups is 1. The van der Waals surface area contributed by atoms with Crippen LogP contribution in [0.5, 0.6) is 0 Å². The van der Waals surface area contributed by atoms with Crippen molar-refractivity contribution in [1.82, 2.24) is 0 Å². The van der Waals surface area contributed by atoms with Crippen LogP contribution in [0.1, 0.15) is 20.8 Å². The molecule has 0 bridgehead atoms. The summed E-state index contributed by atoms with van der Waals surface area (Å²) >= 11 is 1.57. The van der Waals surface area contributed by atoms with E-state index in [2.05, 4.69) is 0 Å². The quantitative estimate of drug-likeness (QED) is 0.618. The van der Waals surface area contributed by atoms with Gasteiger partial charge in [-0.15, -0.1) is 11.8 Å². The van der Waals surface area contributed by atoms with Gasteiger partial charge in [-0.3, -0.25) is 4.79 Å². The van der Waals surface area contributed by atoms with E-state index in [1.165, 1.54) is 6.92 Å². The van der Waals surface area contributed by atoms with E-state index in [0.717, 1.165) is 5.75 Å². The number of esters is 1. The van der Waals surface area contributed by atoms with Crippen molar-refractivity contribution in [3.8, 4) is 0 Å². The van der Waals surface area contributed by atoms with Gasteiger partial charge in [0.15, 0.2) is 11.2 Å². The third kappa shape index (κ3) is 1.89. The highest BCUT2D eigenvalue weighted by Crippen LogP contribution is 2.41. The van der Waals surface area contributed by atoms with Gasteiger partial charge in [0.05, 0.1) is 0 Å². The molecule has 0 aromatic rings. The van der Waals surface area contributed by atoms with Crippen LogP contribution in [0.25, 0.3) is 0 Å². The number of thioether (sulfide) groups is 1. The lowest BCUT2D eigenvalue weighted by Gasteiger charge is -2.20. The van der Waals surface area contributed by atoms with Crippen LogP contribution in [0.15, 0.2) is 0 Å². The maximum Gasteiger partial charge on any atom is 0.303 e. The standard InChI is InChI=1S/C9H14O4S/c1-5(10)11-8-7-6(4-14-8)12-9(2,3)13-7/h6-8H,4H2,1-3H3/t6?,7-,8-/m0/s1. The molecule has 2 rings (SSSR count). The molecular weight excluding hydrogens is 204 g/mol. The summed E-state index contributed by atoms with van der Waals surface area (Å²) < 4.78 is 16.5. The Labute approximate surface area is 87.3 Å². The number of hydrogen-bond donors (Lipinski definition) is 0. The second kappa shape index (κ2) is 3.40. The lowest BCUT2D eigenvalue weighted by atomic mass is 10.2. The third-order valence-electron chi connectivity index (χ3n) is 2.20. The smallest absolute Gasteiger partial charge is 0.303 e. The molecule has 0 N–H and O–H groups in total. The Morgan fingerprint density at radius 3 is 2.86 bits per heavy atom. The van der Waals surface area contributed by atoms with Gasteiger partial charge in [-0.25, -0.2) is 0 Å². The highest BCUT2D eigenvalue weighted by molar-refractivity contribution is 8.00. The van der Waals surface area contributed by atoms with Crippen molar-refractivity contribution in [1.29, 1.82) is 0 Å². The molecule has 14 heavy (non-hydrogen) atoms. The molecule has 2 fully saturated rings. The molecule has 4 nitrogen and oxygen atoms in total. The monoisotopic (exact) mass is 218 g/mol. The van der Waals surface area contributed by atoms with E-state index in [0.29, 0.717) is 0 Å². The average Bonchev–Trinajstić information content (AvgIpc) is 2.47. The van der Waals surface area contributed by atoms with Crippen LogP contribution < -0.4 is 0 Å². The van der Waals surface area contributed by atoms with Gasteiger partial charge >= 0.3 is 5.97 Å². The van der Waals surface area contributed by atoms with Crippen molar-refractivity contribution >= 4 is 17.7 Å². The summed E-state index contributed by atoms with van der Waals surface area (Å²) in [7, 11) is 0. The fourth-order valence-corrected chi connectivity index (χ4v) is 3.03. The highest BCUT2D eigenvalue weighted by Gasteiger charge is 2.51.